The summed E-state index contributed by atoms with van der Waals surface area (Å²) in [5.41, 5.74) is 1.10. The number of ether oxygens (including phenoxy) is 1. The number of anilines is 1. The minimum Gasteiger partial charge on any atom is -0.469 e. The van der Waals surface area contributed by atoms with E-state index in [0.717, 1.165) is 42.0 Å². The lowest BCUT2D eigenvalue weighted by atomic mass is 10.2. The van der Waals surface area contributed by atoms with Gasteiger partial charge >= 0.3 is 0 Å². The van der Waals surface area contributed by atoms with Gasteiger partial charge in [-0.3, -0.25) is 4.90 Å². The van der Waals surface area contributed by atoms with Gasteiger partial charge in [0.2, 0.25) is 0 Å². The van der Waals surface area contributed by atoms with E-state index in [4.69, 9.17) is 4.74 Å². The maximum atomic E-state index is 5.39. The Labute approximate surface area is 138 Å². The van der Waals surface area contributed by atoms with E-state index in [-0.39, 0.29) is 0 Å². The molecule has 3 rings (SSSR count). The molecule has 120 valence electrons. The summed E-state index contributed by atoms with van der Waals surface area (Å²) in [6.07, 6.45) is 0. The Morgan fingerprint density at radius 2 is 2.23 bits per heavy atom. The molecule has 1 fully saturated rings. The molecule has 0 aromatic carbocycles. The summed E-state index contributed by atoms with van der Waals surface area (Å²) in [5, 5.41) is 13.2. The highest BCUT2D eigenvalue weighted by Gasteiger charge is 2.26. The number of hydrogen-bond donors (Lipinski definition) is 0. The van der Waals surface area contributed by atoms with Crippen LogP contribution >= 0.6 is 22.7 Å². The van der Waals surface area contributed by atoms with Crippen LogP contribution in [0.3, 0.4) is 0 Å². The summed E-state index contributed by atoms with van der Waals surface area (Å²) >= 11 is 3.28. The van der Waals surface area contributed by atoms with E-state index < -0.39 is 0 Å². The smallest absolute Gasteiger partial charge is 0.294 e. The summed E-state index contributed by atoms with van der Waals surface area (Å²) in [6.45, 7) is 10.8. The molecule has 1 atom stereocenters. The third-order valence-electron chi connectivity index (χ3n) is 3.64. The highest BCUT2D eigenvalue weighted by molar-refractivity contribution is 7.13. The van der Waals surface area contributed by atoms with Crippen molar-refractivity contribution in [3.63, 3.8) is 0 Å². The van der Waals surface area contributed by atoms with Gasteiger partial charge in [-0.05, 0) is 20.8 Å². The molecule has 0 bridgehead atoms. The standard InChI is InChI=1S/C14H21N5OS2/c1-4-20-14-17-16-12(22-14)8-18-5-6-19(11(3)7-18)13-15-10(2)9-21-13/h9,11H,4-8H2,1-3H3/t11-/m1/s1. The molecule has 2 aromatic heterocycles. The van der Waals surface area contributed by atoms with Gasteiger partial charge in [0.05, 0.1) is 18.8 Å². The summed E-state index contributed by atoms with van der Waals surface area (Å²) in [6, 6.07) is 0.457. The first-order valence-electron chi connectivity index (χ1n) is 7.52. The lowest BCUT2D eigenvalue weighted by Gasteiger charge is -2.39. The van der Waals surface area contributed by atoms with E-state index >= 15 is 0 Å². The first kappa shape index (κ1) is 15.6. The predicted molar refractivity (Wildman–Crippen MR) is 90.0 cm³/mol. The van der Waals surface area contributed by atoms with Gasteiger partial charge < -0.3 is 9.64 Å². The lowest BCUT2D eigenvalue weighted by molar-refractivity contribution is 0.220. The van der Waals surface area contributed by atoms with Gasteiger partial charge in [0.15, 0.2) is 5.13 Å². The average Bonchev–Trinajstić information content (AvgIpc) is 3.09. The Bertz CT molecular complexity index is 614. The fourth-order valence-corrected chi connectivity index (χ4v) is 4.33. The highest BCUT2D eigenvalue weighted by atomic mass is 32.1. The van der Waals surface area contributed by atoms with Crippen molar-refractivity contribution in [3.05, 3.63) is 16.1 Å². The zero-order chi connectivity index (χ0) is 15.5. The van der Waals surface area contributed by atoms with Crippen LogP contribution in [0.2, 0.25) is 0 Å². The molecule has 0 saturated carbocycles. The van der Waals surface area contributed by atoms with Crippen molar-refractivity contribution in [3.8, 4) is 5.19 Å². The number of piperazine rings is 1. The van der Waals surface area contributed by atoms with Gasteiger partial charge in [0, 0.05) is 31.1 Å². The Balaban J connectivity index is 1.57. The summed E-state index contributed by atoms with van der Waals surface area (Å²) in [7, 11) is 0. The van der Waals surface area contributed by atoms with Crippen molar-refractivity contribution in [2.45, 2.75) is 33.4 Å². The number of rotatable bonds is 5. The second kappa shape index (κ2) is 6.89. The van der Waals surface area contributed by atoms with Crippen LogP contribution in [0, 0.1) is 6.92 Å². The van der Waals surface area contributed by atoms with Crippen molar-refractivity contribution in [1.82, 2.24) is 20.1 Å². The van der Waals surface area contributed by atoms with E-state index in [9.17, 15) is 0 Å². The lowest BCUT2D eigenvalue weighted by Crippen LogP contribution is -2.51. The topological polar surface area (TPSA) is 54.4 Å². The molecule has 6 nitrogen and oxygen atoms in total. The first-order chi connectivity index (χ1) is 10.7. The number of hydrogen-bond acceptors (Lipinski definition) is 8. The number of nitrogens with zero attached hydrogens (tertiary/aromatic N) is 5. The molecule has 0 unspecified atom stereocenters. The largest absolute Gasteiger partial charge is 0.469 e. The molecule has 8 heteroatoms. The average molecular weight is 339 g/mol. The van der Waals surface area contributed by atoms with E-state index in [2.05, 4.69) is 37.3 Å². The second-order valence-corrected chi connectivity index (χ2v) is 7.30. The van der Waals surface area contributed by atoms with Crippen LogP contribution in [0.5, 0.6) is 5.19 Å². The zero-order valence-electron chi connectivity index (χ0n) is 13.2. The first-order valence-corrected chi connectivity index (χ1v) is 9.21. The molecule has 0 aliphatic carbocycles. The van der Waals surface area contributed by atoms with Crippen molar-refractivity contribution in [1.29, 1.82) is 0 Å². The van der Waals surface area contributed by atoms with Gasteiger partial charge in [0.1, 0.15) is 5.01 Å². The van der Waals surface area contributed by atoms with Crippen LogP contribution < -0.4 is 9.64 Å². The van der Waals surface area contributed by atoms with Crippen LogP contribution in [-0.4, -0.2) is 52.4 Å². The SMILES string of the molecule is CCOc1nnc(CN2CCN(c3nc(C)cs3)[C@H](C)C2)s1. The van der Waals surface area contributed by atoms with Crippen LogP contribution in [0.25, 0.3) is 0 Å². The van der Waals surface area contributed by atoms with Crippen molar-refractivity contribution in [2.24, 2.45) is 0 Å². The molecule has 1 saturated heterocycles. The molecule has 0 N–H and O–H groups in total. The second-order valence-electron chi connectivity index (χ2n) is 5.44. The minimum absolute atomic E-state index is 0.457. The molecule has 1 aliphatic heterocycles. The van der Waals surface area contributed by atoms with E-state index in [0.29, 0.717) is 17.8 Å². The zero-order valence-corrected chi connectivity index (χ0v) is 14.8. The van der Waals surface area contributed by atoms with Crippen molar-refractivity contribution in [2.75, 3.05) is 31.1 Å². The molecule has 1 aliphatic rings. The van der Waals surface area contributed by atoms with Crippen LogP contribution in [0.15, 0.2) is 5.38 Å². The van der Waals surface area contributed by atoms with Crippen molar-refractivity contribution >= 4 is 27.8 Å². The van der Waals surface area contributed by atoms with E-state index in [1.54, 1.807) is 22.7 Å². The van der Waals surface area contributed by atoms with Crippen LogP contribution in [0.1, 0.15) is 24.5 Å². The van der Waals surface area contributed by atoms with Gasteiger partial charge in [-0.25, -0.2) is 4.98 Å². The fourth-order valence-electron chi connectivity index (χ4n) is 2.61. The minimum atomic E-state index is 0.457. The Morgan fingerprint density at radius 3 is 2.91 bits per heavy atom. The summed E-state index contributed by atoms with van der Waals surface area (Å²) in [4.78, 5) is 9.44. The van der Waals surface area contributed by atoms with Gasteiger partial charge in [-0.2, -0.15) is 0 Å². The molecular formula is C14H21N5OS2. The van der Waals surface area contributed by atoms with Gasteiger partial charge in [-0.1, -0.05) is 11.3 Å². The normalized spacial score (nSPS) is 19.6. The highest BCUT2D eigenvalue weighted by Crippen LogP contribution is 2.26. The molecule has 2 aromatic rings. The molecular weight excluding hydrogens is 318 g/mol. The number of aromatic nitrogens is 3. The maximum absolute atomic E-state index is 5.39. The number of aryl methyl sites for hydroxylation is 1. The summed E-state index contributed by atoms with van der Waals surface area (Å²) in [5.74, 6) is 0. The maximum Gasteiger partial charge on any atom is 0.294 e. The van der Waals surface area contributed by atoms with Gasteiger partial charge in [0.25, 0.3) is 5.19 Å². The van der Waals surface area contributed by atoms with Crippen LogP contribution in [0.4, 0.5) is 5.13 Å². The predicted octanol–water partition coefficient (Wildman–Crippen LogP) is 2.41. The molecule has 0 amide bonds. The summed E-state index contributed by atoms with van der Waals surface area (Å²) < 4.78 is 5.39. The third-order valence-corrected chi connectivity index (χ3v) is 5.46. The number of thiazole rings is 1. The Hall–Kier alpha value is -1.25. The monoisotopic (exact) mass is 339 g/mol. The quantitative estimate of drug-likeness (QED) is 0.834. The van der Waals surface area contributed by atoms with Crippen molar-refractivity contribution < 1.29 is 4.74 Å². The van der Waals surface area contributed by atoms with E-state index in [1.807, 2.05) is 13.8 Å². The Kier molecular flexibility index (Phi) is 4.90. The van der Waals surface area contributed by atoms with Gasteiger partial charge in [-0.15, -0.1) is 21.5 Å². The van der Waals surface area contributed by atoms with E-state index in [1.165, 1.54) is 0 Å². The molecule has 22 heavy (non-hydrogen) atoms. The fraction of sp³-hybridized carbons (Fsp3) is 0.643. The molecule has 0 radical (unpaired) electrons. The third kappa shape index (κ3) is 3.56. The Morgan fingerprint density at radius 1 is 1.36 bits per heavy atom. The molecule has 0 spiro atoms. The van der Waals surface area contributed by atoms with Crippen LogP contribution in [-0.2, 0) is 6.54 Å². The molecule has 3 heterocycles.